The van der Waals surface area contributed by atoms with Gasteiger partial charge in [-0.25, -0.2) is 9.78 Å². The number of alkyl carbamates (subject to hydrolysis) is 1. The third-order valence-corrected chi connectivity index (χ3v) is 8.36. The molecule has 3 aliphatic rings. The van der Waals surface area contributed by atoms with Crippen molar-refractivity contribution in [2.75, 3.05) is 0 Å². The number of rotatable bonds is 5. The largest absolute Gasteiger partial charge is 0.446 e. The summed E-state index contributed by atoms with van der Waals surface area (Å²) in [5.74, 6) is -0.646. The topological polar surface area (TPSA) is 118 Å². The first-order valence-electron chi connectivity index (χ1n) is 12.4. The lowest BCUT2D eigenvalue weighted by Crippen LogP contribution is -2.52. The molecule has 1 saturated heterocycles. The standard InChI is InChI=1S/C27H26N4O5S/c1-14-2-6-21-24(29-13-37-21)23(14)17-9-18(10-17)36-27(35)28-11-15-3-4-16-12-31(26(34)19(16)8-15)20-5-7-22(32)30-25(20)33/h2-4,6,8,13,17-18,20H,5,7,9-12H2,1H3,(H,28,35)(H,30,32,33)/t17?,18?,20-/m0/s1. The molecule has 9 nitrogen and oxygen atoms in total. The Balaban J connectivity index is 1.02. The number of nitrogens with zero attached hydrogens (tertiary/aromatic N) is 2. The number of fused-ring (bicyclic) bond motifs is 2. The predicted molar refractivity (Wildman–Crippen MR) is 136 cm³/mol. The first kappa shape index (κ1) is 23.6. The fraction of sp³-hybridized carbons (Fsp3) is 0.370. The first-order valence-corrected chi connectivity index (χ1v) is 13.3. The molecule has 1 aromatic heterocycles. The summed E-state index contributed by atoms with van der Waals surface area (Å²) in [6, 6.07) is 9.04. The number of benzene rings is 2. The summed E-state index contributed by atoms with van der Waals surface area (Å²) in [5, 5.41) is 5.09. The molecule has 2 aromatic carbocycles. The van der Waals surface area contributed by atoms with Gasteiger partial charge in [-0.2, -0.15) is 0 Å². The Bertz CT molecular complexity index is 1440. The van der Waals surface area contributed by atoms with Crippen molar-refractivity contribution in [3.05, 3.63) is 63.7 Å². The molecule has 190 valence electrons. The smallest absolute Gasteiger partial charge is 0.407 e. The van der Waals surface area contributed by atoms with Crippen LogP contribution in [0, 0.1) is 6.92 Å². The minimum atomic E-state index is -0.647. The lowest BCUT2D eigenvalue weighted by molar-refractivity contribution is -0.136. The van der Waals surface area contributed by atoms with E-state index in [1.54, 1.807) is 17.4 Å². The van der Waals surface area contributed by atoms with Crippen LogP contribution in [0.2, 0.25) is 0 Å². The van der Waals surface area contributed by atoms with E-state index in [4.69, 9.17) is 4.74 Å². The van der Waals surface area contributed by atoms with E-state index in [0.717, 1.165) is 29.5 Å². The van der Waals surface area contributed by atoms with Crippen LogP contribution in [0.5, 0.6) is 0 Å². The molecule has 3 heterocycles. The molecule has 2 aliphatic heterocycles. The van der Waals surface area contributed by atoms with Gasteiger partial charge >= 0.3 is 6.09 Å². The van der Waals surface area contributed by atoms with Gasteiger partial charge in [0.15, 0.2) is 0 Å². The van der Waals surface area contributed by atoms with Gasteiger partial charge in [-0.15, -0.1) is 11.3 Å². The number of nitrogens with one attached hydrogen (secondary N) is 2. The van der Waals surface area contributed by atoms with Crippen LogP contribution in [-0.4, -0.2) is 45.8 Å². The average molecular weight is 519 g/mol. The number of aryl methyl sites for hydroxylation is 1. The Morgan fingerprint density at radius 3 is 2.86 bits per heavy atom. The van der Waals surface area contributed by atoms with Crippen LogP contribution >= 0.6 is 11.3 Å². The second kappa shape index (κ2) is 9.26. The molecule has 0 radical (unpaired) electrons. The van der Waals surface area contributed by atoms with Crippen molar-refractivity contribution in [1.82, 2.24) is 20.5 Å². The highest BCUT2D eigenvalue weighted by molar-refractivity contribution is 7.16. The van der Waals surface area contributed by atoms with Gasteiger partial charge in [0.1, 0.15) is 12.1 Å². The number of aromatic nitrogens is 1. The molecule has 0 unspecified atom stereocenters. The molecule has 3 aromatic rings. The van der Waals surface area contributed by atoms with E-state index in [2.05, 4.69) is 34.7 Å². The molecular formula is C27H26N4O5S. The van der Waals surface area contributed by atoms with Crippen LogP contribution in [0.25, 0.3) is 10.2 Å². The monoisotopic (exact) mass is 518 g/mol. The van der Waals surface area contributed by atoms with Crippen molar-refractivity contribution in [2.45, 2.75) is 63.8 Å². The van der Waals surface area contributed by atoms with Gasteiger partial charge in [-0.3, -0.25) is 19.7 Å². The summed E-state index contributed by atoms with van der Waals surface area (Å²) in [6.07, 6.45) is 1.47. The van der Waals surface area contributed by atoms with Gasteiger partial charge in [0, 0.05) is 25.1 Å². The Morgan fingerprint density at radius 2 is 2.05 bits per heavy atom. The van der Waals surface area contributed by atoms with E-state index in [9.17, 15) is 19.2 Å². The number of hydrogen-bond acceptors (Lipinski definition) is 7. The van der Waals surface area contributed by atoms with E-state index in [-0.39, 0.29) is 30.9 Å². The van der Waals surface area contributed by atoms with Crippen LogP contribution in [0.4, 0.5) is 4.79 Å². The highest BCUT2D eigenvalue weighted by atomic mass is 32.1. The van der Waals surface area contributed by atoms with Crippen molar-refractivity contribution in [1.29, 1.82) is 0 Å². The summed E-state index contributed by atoms with van der Waals surface area (Å²) in [4.78, 5) is 55.1. The Morgan fingerprint density at radius 1 is 1.22 bits per heavy atom. The molecule has 0 spiro atoms. The van der Waals surface area contributed by atoms with E-state index in [1.807, 2.05) is 17.6 Å². The fourth-order valence-corrected chi connectivity index (χ4v) is 6.24. The molecule has 1 saturated carbocycles. The number of imide groups is 1. The molecular weight excluding hydrogens is 492 g/mol. The van der Waals surface area contributed by atoms with Crippen molar-refractivity contribution in [3.8, 4) is 0 Å². The number of hydrogen-bond donors (Lipinski definition) is 2. The molecule has 10 heteroatoms. The highest BCUT2D eigenvalue weighted by Crippen LogP contribution is 2.43. The molecule has 4 amide bonds. The number of carbonyl (C=O) groups is 4. The normalized spacial score (nSPS) is 23.0. The van der Waals surface area contributed by atoms with Crippen LogP contribution in [0.1, 0.15) is 64.2 Å². The summed E-state index contributed by atoms with van der Waals surface area (Å²) in [7, 11) is 0. The van der Waals surface area contributed by atoms with Crippen LogP contribution in [0.3, 0.4) is 0 Å². The molecule has 2 fully saturated rings. The molecule has 37 heavy (non-hydrogen) atoms. The first-order chi connectivity index (χ1) is 17.9. The van der Waals surface area contributed by atoms with Crippen LogP contribution in [-0.2, 0) is 27.4 Å². The molecule has 2 N–H and O–H groups in total. The number of thiazole rings is 1. The maximum absolute atomic E-state index is 13.0. The third-order valence-electron chi connectivity index (χ3n) is 7.57. The van der Waals surface area contributed by atoms with Gasteiger partial charge in [0.25, 0.3) is 5.91 Å². The van der Waals surface area contributed by atoms with Crippen molar-refractivity contribution in [3.63, 3.8) is 0 Å². The molecule has 1 aliphatic carbocycles. The second-order valence-corrected chi connectivity index (χ2v) is 10.8. The van der Waals surface area contributed by atoms with Crippen LogP contribution < -0.4 is 10.6 Å². The molecule has 1 atom stereocenters. The summed E-state index contributed by atoms with van der Waals surface area (Å²) < 4.78 is 6.79. The summed E-state index contributed by atoms with van der Waals surface area (Å²) in [5.41, 5.74) is 7.51. The maximum atomic E-state index is 13.0. The predicted octanol–water partition coefficient (Wildman–Crippen LogP) is 3.54. The van der Waals surface area contributed by atoms with E-state index in [1.165, 1.54) is 20.7 Å². The lowest BCUT2D eigenvalue weighted by atomic mass is 9.75. The van der Waals surface area contributed by atoms with E-state index >= 15 is 0 Å². The minimum Gasteiger partial charge on any atom is -0.446 e. The maximum Gasteiger partial charge on any atom is 0.407 e. The van der Waals surface area contributed by atoms with Crippen molar-refractivity contribution < 1.29 is 23.9 Å². The second-order valence-electron chi connectivity index (χ2n) is 9.94. The number of carbonyl (C=O) groups excluding carboxylic acids is 4. The highest BCUT2D eigenvalue weighted by Gasteiger charge is 2.39. The number of ether oxygens (including phenoxy) is 1. The number of amides is 4. The van der Waals surface area contributed by atoms with Gasteiger partial charge in [-0.05, 0) is 66.5 Å². The van der Waals surface area contributed by atoms with Crippen molar-refractivity contribution in [2.24, 2.45) is 0 Å². The fourth-order valence-electron chi connectivity index (χ4n) is 5.54. The average Bonchev–Trinajstić information content (AvgIpc) is 3.45. The van der Waals surface area contributed by atoms with Gasteiger partial charge in [0.2, 0.25) is 11.8 Å². The van der Waals surface area contributed by atoms with Gasteiger partial charge in [-0.1, -0.05) is 18.2 Å². The molecule has 0 bridgehead atoms. The zero-order chi connectivity index (χ0) is 25.7. The lowest BCUT2D eigenvalue weighted by Gasteiger charge is -2.35. The summed E-state index contributed by atoms with van der Waals surface area (Å²) >= 11 is 1.63. The Hall–Kier alpha value is -3.79. The summed E-state index contributed by atoms with van der Waals surface area (Å²) in [6.45, 7) is 2.65. The zero-order valence-electron chi connectivity index (χ0n) is 20.3. The number of piperidine rings is 1. The quantitative estimate of drug-likeness (QED) is 0.499. The van der Waals surface area contributed by atoms with E-state index < -0.39 is 18.0 Å². The Kier molecular flexibility index (Phi) is 5.91. The SMILES string of the molecule is Cc1ccc2scnc2c1C1CC(OC(=O)NCc2ccc3c(c2)C(=O)N([C@H]2CCC(=O)NC2=O)C3)C1. The van der Waals surface area contributed by atoms with Crippen LogP contribution in [0.15, 0.2) is 35.8 Å². The van der Waals surface area contributed by atoms with Crippen molar-refractivity contribution >= 4 is 45.4 Å². The minimum absolute atomic E-state index is 0.137. The van der Waals surface area contributed by atoms with Gasteiger partial charge < -0.3 is 15.0 Å². The zero-order valence-corrected chi connectivity index (χ0v) is 21.1. The Labute approximate surface area is 217 Å². The van der Waals surface area contributed by atoms with Gasteiger partial charge in [0.05, 0.1) is 15.7 Å². The van der Waals surface area contributed by atoms with E-state index in [0.29, 0.717) is 24.4 Å². The molecule has 6 rings (SSSR count). The third kappa shape index (κ3) is 4.35.